The van der Waals surface area contributed by atoms with Crippen molar-refractivity contribution in [3.8, 4) is 0 Å². The monoisotopic (exact) mass is 338 g/mol. The third-order valence-electron chi connectivity index (χ3n) is 3.48. The molecule has 2 amide bonds. The van der Waals surface area contributed by atoms with E-state index in [-0.39, 0.29) is 27.9 Å². The van der Waals surface area contributed by atoms with E-state index in [1.165, 1.54) is 22.5 Å². The van der Waals surface area contributed by atoms with Gasteiger partial charge >= 0.3 is 0 Å². The van der Waals surface area contributed by atoms with Crippen molar-refractivity contribution in [3.05, 3.63) is 29.3 Å². The van der Waals surface area contributed by atoms with Gasteiger partial charge in [0.15, 0.2) is 0 Å². The lowest BCUT2D eigenvalue weighted by Crippen LogP contribution is -2.37. The number of carbonyl (C=O) groups is 2. The quantitative estimate of drug-likeness (QED) is 0.803. The van der Waals surface area contributed by atoms with Crippen LogP contribution in [0, 0.1) is 11.8 Å². The molecule has 0 unspecified atom stereocenters. The highest BCUT2D eigenvalue weighted by Crippen LogP contribution is 2.24. The number of rotatable bonds is 6. The molecule has 1 aromatic carbocycles. The molecule has 0 aromatic heterocycles. The normalized spacial score (nSPS) is 14.7. The number of amides is 2. The van der Waals surface area contributed by atoms with Crippen LogP contribution in [-0.2, 0) is 10.0 Å². The molecule has 23 heavy (non-hydrogen) atoms. The predicted octanol–water partition coefficient (Wildman–Crippen LogP) is 1.87. The van der Waals surface area contributed by atoms with Crippen molar-refractivity contribution in [2.24, 2.45) is 11.8 Å². The van der Waals surface area contributed by atoms with Gasteiger partial charge in [-0.25, -0.2) is 8.42 Å². The first-order valence-corrected chi connectivity index (χ1v) is 9.06. The van der Waals surface area contributed by atoms with Crippen LogP contribution in [0.4, 0.5) is 0 Å². The van der Waals surface area contributed by atoms with Crippen molar-refractivity contribution >= 4 is 21.8 Å². The third kappa shape index (κ3) is 3.61. The second-order valence-corrected chi connectivity index (χ2v) is 8.54. The van der Waals surface area contributed by atoms with Crippen LogP contribution in [0.2, 0.25) is 0 Å². The van der Waals surface area contributed by atoms with E-state index >= 15 is 0 Å². The molecule has 0 bridgehead atoms. The lowest BCUT2D eigenvalue weighted by molar-refractivity contribution is 0.0879. The minimum absolute atomic E-state index is 0.0439. The number of nitrogens with one attached hydrogen (secondary N) is 1. The first kappa shape index (κ1) is 17.6. The van der Waals surface area contributed by atoms with Crippen LogP contribution in [-0.4, -0.2) is 37.6 Å². The SMILES string of the molecule is CC(C)CN(CC(C)C)S(=O)(=O)c1ccc2c(c1)C(=O)NC2=O. The molecule has 1 aromatic rings. The maximum atomic E-state index is 12.9. The van der Waals surface area contributed by atoms with Gasteiger partial charge in [-0.05, 0) is 30.0 Å². The van der Waals surface area contributed by atoms with E-state index in [0.29, 0.717) is 13.1 Å². The first-order chi connectivity index (χ1) is 10.6. The van der Waals surface area contributed by atoms with Gasteiger partial charge in [-0.1, -0.05) is 27.7 Å². The van der Waals surface area contributed by atoms with Crippen molar-refractivity contribution < 1.29 is 18.0 Å². The Hall–Kier alpha value is -1.73. The third-order valence-corrected chi connectivity index (χ3v) is 5.31. The summed E-state index contributed by atoms with van der Waals surface area (Å²) in [6, 6.07) is 4.07. The van der Waals surface area contributed by atoms with Gasteiger partial charge in [0, 0.05) is 13.1 Å². The number of sulfonamides is 1. The summed E-state index contributed by atoms with van der Waals surface area (Å²) in [6.07, 6.45) is 0. The highest BCUT2D eigenvalue weighted by atomic mass is 32.2. The van der Waals surface area contributed by atoms with Gasteiger partial charge in [0.05, 0.1) is 16.0 Å². The first-order valence-electron chi connectivity index (χ1n) is 7.62. The zero-order chi connectivity index (χ0) is 17.4. The average Bonchev–Trinajstić information content (AvgIpc) is 2.72. The van der Waals surface area contributed by atoms with Crippen LogP contribution in [0.25, 0.3) is 0 Å². The van der Waals surface area contributed by atoms with E-state index in [1.807, 2.05) is 27.7 Å². The van der Waals surface area contributed by atoms with Crippen molar-refractivity contribution in [2.75, 3.05) is 13.1 Å². The molecule has 0 radical (unpaired) electrons. The number of hydrogen-bond acceptors (Lipinski definition) is 4. The van der Waals surface area contributed by atoms with Crippen molar-refractivity contribution in [1.29, 1.82) is 0 Å². The fourth-order valence-corrected chi connectivity index (χ4v) is 4.34. The number of benzene rings is 1. The summed E-state index contributed by atoms with van der Waals surface area (Å²) in [6.45, 7) is 8.63. The predicted molar refractivity (Wildman–Crippen MR) is 86.7 cm³/mol. The van der Waals surface area contributed by atoms with Crippen molar-refractivity contribution in [3.63, 3.8) is 0 Å². The molecule has 0 saturated heterocycles. The minimum Gasteiger partial charge on any atom is -0.288 e. The molecular weight excluding hydrogens is 316 g/mol. The number of imide groups is 1. The largest absolute Gasteiger partial charge is 0.288 e. The maximum Gasteiger partial charge on any atom is 0.258 e. The summed E-state index contributed by atoms with van der Waals surface area (Å²) >= 11 is 0. The van der Waals surface area contributed by atoms with Crippen molar-refractivity contribution in [1.82, 2.24) is 9.62 Å². The summed E-state index contributed by atoms with van der Waals surface area (Å²) in [5.74, 6) is -0.679. The Labute approximate surface area is 136 Å². The molecule has 1 N–H and O–H groups in total. The number of hydrogen-bond donors (Lipinski definition) is 1. The summed E-state index contributed by atoms with van der Waals surface area (Å²) in [5, 5.41) is 2.17. The molecule has 1 aliphatic rings. The van der Waals surface area contributed by atoms with Crippen LogP contribution >= 0.6 is 0 Å². The van der Waals surface area contributed by atoms with Crippen LogP contribution in [0.5, 0.6) is 0 Å². The Morgan fingerprint density at radius 1 is 0.957 bits per heavy atom. The Morgan fingerprint density at radius 2 is 1.48 bits per heavy atom. The van der Waals surface area contributed by atoms with Gasteiger partial charge in [-0.2, -0.15) is 4.31 Å². The highest BCUT2D eigenvalue weighted by Gasteiger charge is 2.31. The summed E-state index contributed by atoms with van der Waals surface area (Å²) in [4.78, 5) is 23.4. The summed E-state index contributed by atoms with van der Waals surface area (Å²) in [7, 11) is -3.71. The number of carbonyl (C=O) groups excluding carboxylic acids is 2. The molecule has 1 aliphatic heterocycles. The smallest absolute Gasteiger partial charge is 0.258 e. The molecule has 1 heterocycles. The van der Waals surface area contributed by atoms with Crippen LogP contribution in [0.15, 0.2) is 23.1 Å². The van der Waals surface area contributed by atoms with Gasteiger partial charge < -0.3 is 0 Å². The van der Waals surface area contributed by atoms with Gasteiger partial charge in [-0.3, -0.25) is 14.9 Å². The molecular formula is C16H22N2O4S. The van der Waals surface area contributed by atoms with E-state index in [2.05, 4.69) is 5.32 Å². The molecule has 0 atom stereocenters. The molecule has 2 rings (SSSR count). The van der Waals surface area contributed by atoms with Gasteiger partial charge in [0.1, 0.15) is 0 Å². The van der Waals surface area contributed by atoms with Crippen LogP contribution in [0.3, 0.4) is 0 Å². The lowest BCUT2D eigenvalue weighted by Gasteiger charge is -2.25. The van der Waals surface area contributed by atoms with Crippen LogP contribution in [0.1, 0.15) is 48.4 Å². The Bertz CT molecular complexity index is 728. The average molecular weight is 338 g/mol. The van der Waals surface area contributed by atoms with E-state index in [4.69, 9.17) is 0 Å². The fraction of sp³-hybridized carbons (Fsp3) is 0.500. The number of nitrogens with zero attached hydrogens (tertiary/aromatic N) is 1. The summed E-state index contributed by atoms with van der Waals surface area (Å²) in [5.41, 5.74) is 0.332. The van der Waals surface area contributed by atoms with E-state index < -0.39 is 21.8 Å². The molecule has 0 spiro atoms. The second kappa shape index (κ2) is 6.41. The van der Waals surface area contributed by atoms with Crippen LogP contribution < -0.4 is 5.32 Å². The maximum absolute atomic E-state index is 12.9. The van der Waals surface area contributed by atoms with Gasteiger partial charge in [-0.15, -0.1) is 0 Å². The molecule has 126 valence electrons. The molecule has 0 aliphatic carbocycles. The number of fused-ring (bicyclic) bond motifs is 1. The van der Waals surface area contributed by atoms with E-state index in [0.717, 1.165) is 0 Å². The zero-order valence-electron chi connectivity index (χ0n) is 13.8. The highest BCUT2D eigenvalue weighted by molar-refractivity contribution is 7.89. The molecule has 0 saturated carbocycles. The molecule has 0 fully saturated rings. The van der Waals surface area contributed by atoms with Crippen molar-refractivity contribution in [2.45, 2.75) is 32.6 Å². The lowest BCUT2D eigenvalue weighted by atomic mass is 10.1. The molecule has 7 heteroatoms. The van der Waals surface area contributed by atoms with Gasteiger partial charge in [0.25, 0.3) is 11.8 Å². The van der Waals surface area contributed by atoms with E-state index in [9.17, 15) is 18.0 Å². The zero-order valence-corrected chi connectivity index (χ0v) is 14.6. The van der Waals surface area contributed by atoms with Gasteiger partial charge in [0.2, 0.25) is 10.0 Å². The Morgan fingerprint density at radius 3 is 2.00 bits per heavy atom. The standard InChI is InChI=1S/C16H22N2O4S/c1-10(2)8-18(9-11(3)4)23(21,22)12-5-6-13-14(7-12)16(20)17-15(13)19/h5-7,10-11H,8-9H2,1-4H3,(H,17,19,20). The Kier molecular flexibility index (Phi) is 4.91. The topological polar surface area (TPSA) is 83.6 Å². The Balaban J connectivity index is 2.43. The fourth-order valence-electron chi connectivity index (χ4n) is 2.54. The minimum atomic E-state index is -3.71. The summed E-state index contributed by atoms with van der Waals surface area (Å²) < 4.78 is 27.2. The molecule has 6 nitrogen and oxygen atoms in total. The van der Waals surface area contributed by atoms with E-state index in [1.54, 1.807) is 0 Å². The second-order valence-electron chi connectivity index (χ2n) is 6.60.